The first-order chi connectivity index (χ1) is 5.15. The van der Waals surface area contributed by atoms with E-state index in [-0.39, 0.29) is 0 Å². The lowest BCUT2D eigenvalue weighted by Gasteiger charge is -2.27. The summed E-state index contributed by atoms with van der Waals surface area (Å²) in [5, 5.41) is 12.2. The Labute approximate surface area is 73.1 Å². The van der Waals surface area contributed by atoms with Crippen LogP contribution in [0.3, 0.4) is 0 Å². The van der Waals surface area contributed by atoms with Gasteiger partial charge in [-0.3, -0.25) is 4.79 Å². The van der Waals surface area contributed by atoms with Crippen molar-refractivity contribution in [2.24, 2.45) is 5.73 Å². The summed E-state index contributed by atoms with van der Waals surface area (Å²) < 4.78 is 0. The van der Waals surface area contributed by atoms with Gasteiger partial charge in [-0.05, 0) is 27.7 Å². The van der Waals surface area contributed by atoms with Crippen molar-refractivity contribution in [1.82, 2.24) is 5.32 Å². The smallest absolute Gasteiger partial charge is 0.237 e. The number of aliphatic hydroxyl groups is 1. The molecule has 0 aliphatic carbocycles. The highest BCUT2D eigenvalue weighted by atomic mass is 16.3. The molecule has 0 saturated carbocycles. The molecular formula is C8H18N2O2. The SMILES string of the molecule is CC(C)(O)CNC(C)(C)C(N)=O. The van der Waals surface area contributed by atoms with Crippen LogP contribution in [0.25, 0.3) is 0 Å². The molecule has 4 nitrogen and oxygen atoms in total. The molecule has 0 aromatic carbocycles. The Hall–Kier alpha value is -0.610. The molecule has 0 radical (unpaired) electrons. The Balaban J connectivity index is 4.01. The molecule has 0 bridgehead atoms. The highest BCUT2D eigenvalue weighted by Crippen LogP contribution is 2.04. The minimum absolute atomic E-state index is 0.336. The second kappa shape index (κ2) is 3.41. The van der Waals surface area contributed by atoms with Crippen LogP contribution in [0.4, 0.5) is 0 Å². The number of β-amino-alcohol motifs (C(OH)–C–C–N with tert-alkyl or cyclic N) is 1. The van der Waals surface area contributed by atoms with Crippen molar-refractivity contribution in [2.45, 2.75) is 38.8 Å². The standard InChI is InChI=1S/C8H18N2O2/c1-7(2,12)5-10-8(3,4)6(9)11/h10,12H,5H2,1-4H3,(H2,9,11). The molecule has 12 heavy (non-hydrogen) atoms. The first-order valence-corrected chi connectivity index (χ1v) is 3.92. The summed E-state index contributed by atoms with van der Waals surface area (Å²) >= 11 is 0. The van der Waals surface area contributed by atoms with Crippen LogP contribution in [0.2, 0.25) is 0 Å². The zero-order valence-electron chi connectivity index (χ0n) is 8.14. The zero-order valence-corrected chi connectivity index (χ0v) is 8.14. The minimum Gasteiger partial charge on any atom is -0.389 e. The molecule has 0 aromatic rings. The second-order valence-electron chi connectivity index (χ2n) is 4.16. The van der Waals surface area contributed by atoms with E-state index < -0.39 is 17.0 Å². The number of primary amides is 1. The summed E-state index contributed by atoms with van der Waals surface area (Å²) in [6.07, 6.45) is 0. The molecular weight excluding hydrogens is 156 g/mol. The molecule has 0 saturated heterocycles. The van der Waals surface area contributed by atoms with Crippen LogP contribution in [0.5, 0.6) is 0 Å². The molecule has 72 valence electrons. The number of carbonyl (C=O) groups is 1. The monoisotopic (exact) mass is 174 g/mol. The van der Waals surface area contributed by atoms with Crippen molar-refractivity contribution in [1.29, 1.82) is 0 Å². The van der Waals surface area contributed by atoms with Gasteiger partial charge in [0.05, 0.1) is 11.1 Å². The fourth-order valence-corrected chi connectivity index (χ4v) is 0.524. The Morgan fingerprint density at radius 3 is 2.08 bits per heavy atom. The Kier molecular flexibility index (Phi) is 3.24. The minimum atomic E-state index is -0.827. The van der Waals surface area contributed by atoms with Gasteiger partial charge in [0.1, 0.15) is 0 Å². The fraction of sp³-hybridized carbons (Fsp3) is 0.875. The van der Waals surface area contributed by atoms with Gasteiger partial charge in [0.2, 0.25) is 5.91 Å². The summed E-state index contributed by atoms with van der Waals surface area (Å²) in [7, 11) is 0. The maximum Gasteiger partial charge on any atom is 0.237 e. The number of amides is 1. The van der Waals surface area contributed by atoms with E-state index in [0.29, 0.717) is 6.54 Å². The Bertz CT molecular complexity index is 170. The van der Waals surface area contributed by atoms with E-state index in [1.165, 1.54) is 0 Å². The van der Waals surface area contributed by atoms with Crippen molar-refractivity contribution < 1.29 is 9.90 Å². The normalized spacial score (nSPS) is 13.1. The van der Waals surface area contributed by atoms with Crippen molar-refractivity contribution in [3.8, 4) is 0 Å². The summed E-state index contributed by atoms with van der Waals surface area (Å²) in [5.41, 5.74) is 3.53. The van der Waals surface area contributed by atoms with Crippen LogP contribution >= 0.6 is 0 Å². The molecule has 4 N–H and O–H groups in total. The van der Waals surface area contributed by atoms with Gasteiger partial charge in [0, 0.05) is 6.54 Å². The Morgan fingerprint density at radius 1 is 1.42 bits per heavy atom. The Morgan fingerprint density at radius 2 is 1.83 bits per heavy atom. The molecule has 0 atom stereocenters. The first kappa shape index (κ1) is 11.4. The van der Waals surface area contributed by atoms with E-state index in [2.05, 4.69) is 5.32 Å². The van der Waals surface area contributed by atoms with E-state index in [1.54, 1.807) is 27.7 Å². The van der Waals surface area contributed by atoms with Crippen LogP contribution in [0.1, 0.15) is 27.7 Å². The molecule has 0 fully saturated rings. The average molecular weight is 174 g/mol. The lowest BCUT2D eigenvalue weighted by atomic mass is 10.0. The van der Waals surface area contributed by atoms with E-state index in [4.69, 9.17) is 5.73 Å². The third-order valence-electron chi connectivity index (χ3n) is 1.58. The number of nitrogens with two attached hydrogens (primary N) is 1. The van der Waals surface area contributed by atoms with Gasteiger partial charge in [-0.25, -0.2) is 0 Å². The summed E-state index contributed by atoms with van der Waals surface area (Å²) in [5.74, 6) is -0.424. The van der Waals surface area contributed by atoms with Crippen LogP contribution in [0.15, 0.2) is 0 Å². The van der Waals surface area contributed by atoms with Crippen molar-refractivity contribution in [3.05, 3.63) is 0 Å². The molecule has 0 spiro atoms. The third-order valence-corrected chi connectivity index (χ3v) is 1.58. The average Bonchev–Trinajstić information content (AvgIpc) is 1.82. The molecule has 0 unspecified atom stereocenters. The number of nitrogens with one attached hydrogen (secondary N) is 1. The molecule has 0 rings (SSSR count). The lowest BCUT2D eigenvalue weighted by molar-refractivity contribution is -0.123. The molecule has 1 amide bonds. The van der Waals surface area contributed by atoms with E-state index >= 15 is 0 Å². The van der Waals surface area contributed by atoms with Crippen molar-refractivity contribution in [2.75, 3.05) is 6.54 Å². The van der Waals surface area contributed by atoms with Gasteiger partial charge < -0.3 is 16.2 Å². The van der Waals surface area contributed by atoms with E-state index in [1.807, 2.05) is 0 Å². The maximum atomic E-state index is 10.8. The fourth-order valence-electron chi connectivity index (χ4n) is 0.524. The first-order valence-electron chi connectivity index (χ1n) is 3.92. The van der Waals surface area contributed by atoms with Gasteiger partial charge in [0.25, 0.3) is 0 Å². The van der Waals surface area contributed by atoms with Gasteiger partial charge in [-0.1, -0.05) is 0 Å². The molecule has 0 aliphatic rings. The predicted molar refractivity (Wildman–Crippen MR) is 47.6 cm³/mol. The highest BCUT2D eigenvalue weighted by Gasteiger charge is 2.26. The van der Waals surface area contributed by atoms with Gasteiger partial charge >= 0.3 is 0 Å². The molecule has 0 aliphatic heterocycles. The number of carbonyl (C=O) groups excluding carboxylic acids is 1. The van der Waals surface area contributed by atoms with Crippen LogP contribution in [0, 0.1) is 0 Å². The summed E-state index contributed by atoms with van der Waals surface area (Å²) in [6.45, 7) is 7.03. The van der Waals surface area contributed by atoms with Crippen molar-refractivity contribution >= 4 is 5.91 Å². The van der Waals surface area contributed by atoms with Gasteiger partial charge in [-0.15, -0.1) is 0 Å². The second-order valence-corrected chi connectivity index (χ2v) is 4.16. The maximum absolute atomic E-state index is 10.8. The molecule has 0 heterocycles. The largest absolute Gasteiger partial charge is 0.389 e. The zero-order chi connectivity index (χ0) is 9.99. The van der Waals surface area contributed by atoms with E-state index in [0.717, 1.165) is 0 Å². The van der Waals surface area contributed by atoms with E-state index in [9.17, 15) is 9.90 Å². The van der Waals surface area contributed by atoms with Crippen LogP contribution in [-0.2, 0) is 4.79 Å². The third kappa shape index (κ3) is 4.31. The van der Waals surface area contributed by atoms with Gasteiger partial charge in [-0.2, -0.15) is 0 Å². The van der Waals surface area contributed by atoms with Gasteiger partial charge in [0.15, 0.2) is 0 Å². The summed E-state index contributed by atoms with van der Waals surface area (Å²) in [6, 6.07) is 0. The quantitative estimate of drug-likeness (QED) is 0.543. The number of rotatable bonds is 4. The number of hydrogen-bond donors (Lipinski definition) is 3. The molecule has 0 aromatic heterocycles. The molecule has 4 heteroatoms. The van der Waals surface area contributed by atoms with Crippen LogP contribution < -0.4 is 11.1 Å². The summed E-state index contributed by atoms with van der Waals surface area (Å²) in [4.78, 5) is 10.8. The lowest BCUT2D eigenvalue weighted by Crippen LogP contribution is -2.54. The van der Waals surface area contributed by atoms with Crippen LogP contribution in [-0.4, -0.2) is 28.7 Å². The predicted octanol–water partition coefficient (Wildman–Crippen LogP) is -0.389. The van der Waals surface area contributed by atoms with Crippen molar-refractivity contribution in [3.63, 3.8) is 0 Å². The topological polar surface area (TPSA) is 75.3 Å². The number of hydrogen-bond acceptors (Lipinski definition) is 3. The highest BCUT2D eigenvalue weighted by molar-refractivity contribution is 5.83.